The monoisotopic (exact) mass is 197 g/mol. The maximum absolute atomic E-state index is 10.9. The number of aryl methyl sites for hydroxylation is 1. The number of nitrogens with zero attached hydrogens (tertiary/aromatic N) is 2. The van der Waals surface area contributed by atoms with E-state index < -0.39 is 11.5 Å². The summed E-state index contributed by atoms with van der Waals surface area (Å²) < 4.78 is 1.86. The number of hydrogen-bond donors (Lipinski definition) is 2. The van der Waals surface area contributed by atoms with Crippen LogP contribution in [0.5, 0.6) is 0 Å². The molecule has 2 N–H and O–H groups in total. The summed E-state index contributed by atoms with van der Waals surface area (Å²) in [6.07, 6.45) is 5.70. The van der Waals surface area contributed by atoms with Crippen molar-refractivity contribution in [2.45, 2.75) is 25.4 Å². The number of carbonyl (C=O) groups is 1. The van der Waals surface area contributed by atoms with Gasteiger partial charge in [0.05, 0.1) is 6.33 Å². The number of likely N-dealkylation sites (N-methyl/N-ethyl adjacent to an activating group) is 1. The van der Waals surface area contributed by atoms with Crippen molar-refractivity contribution in [1.29, 1.82) is 0 Å². The van der Waals surface area contributed by atoms with Gasteiger partial charge in [-0.3, -0.25) is 4.79 Å². The lowest BCUT2D eigenvalue weighted by Gasteiger charge is -2.23. The van der Waals surface area contributed by atoms with Crippen LogP contribution in [-0.2, 0) is 11.3 Å². The van der Waals surface area contributed by atoms with Crippen LogP contribution >= 0.6 is 0 Å². The highest BCUT2D eigenvalue weighted by Crippen LogP contribution is 2.10. The second kappa shape index (κ2) is 4.23. The predicted octanol–water partition coefficient (Wildman–Crippen LogP) is 0.336. The molecule has 1 aromatic rings. The molecular weight excluding hydrogens is 182 g/mol. The molecule has 0 aliphatic rings. The minimum absolute atomic E-state index is 0.523. The van der Waals surface area contributed by atoms with Crippen LogP contribution in [0.1, 0.15) is 13.3 Å². The van der Waals surface area contributed by atoms with E-state index in [1.807, 2.05) is 10.8 Å². The number of aromatic nitrogens is 2. The molecule has 1 aromatic heterocycles. The van der Waals surface area contributed by atoms with Crippen molar-refractivity contribution in [2.75, 3.05) is 7.05 Å². The van der Waals surface area contributed by atoms with Crippen LogP contribution in [0.25, 0.3) is 0 Å². The van der Waals surface area contributed by atoms with E-state index >= 15 is 0 Å². The molecule has 5 nitrogen and oxygen atoms in total. The summed E-state index contributed by atoms with van der Waals surface area (Å²) in [4.78, 5) is 14.8. The average molecular weight is 197 g/mol. The van der Waals surface area contributed by atoms with E-state index in [1.165, 1.54) is 0 Å². The van der Waals surface area contributed by atoms with E-state index in [0.717, 1.165) is 0 Å². The number of imidazole rings is 1. The van der Waals surface area contributed by atoms with Crippen molar-refractivity contribution < 1.29 is 9.90 Å². The van der Waals surface area contributed by atoms with Gasteiger partial charge in [-0.05, 0) is 20.4 Å². The van der Waals surface area contributed by atoms with Gasteiger partial charge in [-0.15, -0.1) is 0 Å². The number of rotatable bonds is 5. The quantitative estimate of drug-likeness (QED) is 0.714. The van der Waals surface area contributed by atoms with E-state index in [1.54, 1.807) is 26.5 Å². The molecule has 0 radical (unpaired) electrons. The third-order valence-corrected chi connectivity index (χ3v) is 2.45. The molecule has 5 heteroatoms. The molecule has 1 atom stereocenters. The van der Waals surface area contributed by atoms with E-state index in [2.05, 4.69) is 10.3 Å². The molecule has 0 spiro atoms. The molecule has 0 amide bonds. The third-order valence-electron chi connectivity index (χ3n) is 2.45. The number of nitrogens with one attached hydrogen (secondary N) is 1. The number of carboxylic acid groups (broad SMARTS) is 1. The molecule has 1 unspecified atom stereocenters. The average Bonchev–Trinajstić information content (AvgIpc) is 2.66. The van der Waals surface area contributed by atoms with Gasteiger partial charge in [0.25, 0.3) is 0 Å². The minimum atomic E-state index is -0.871. The van der Waals surface area contributed by atoms with Crippen LogP contribution in [0.15, 0.2) is 18.7 Å². The summed E-state index contributed by atoms with van der Waals surface area (Å²) in [5.74, 6) is -0.833. The van der Waals surface area contributed by atoms with Crippen LogP contribution < -0.4 is 5.32 Å². The highest BCUT2D eigenvalue weighted by atomic mass is 16.4. The van der Waals surface area contributed by atoms with Crippen molar-refractivity contribution in [2.24, 2.45) is 0 Å². The first-order valence-electron chi connectivity index (χ1n) is 4.46. The van der Waals surface area contributed by atoms with Crippen LogP contribution in [0.4, 0.5) is 0 Å². The Labute approximate surface area is 82.8 Å². The molecule has 1 heterocycles. The zero-order chi connectivity index (χ0) is 10.6. The van der Waals surface area contributed by atoms with Crippen LogP contribution in [0.3, 0.4) is 0 Å². The lowest BCUT2D eigenvalue weighted by atomic mass is 9.98. The fraction of sp³-hybridized carbons (Fsp3) is 0.556. The number of carboxylic acids is 1. The summed E-state index contributed by atoms with van der Waals surface area (Å²) in [6.45, 7) is 2.32. The van der Waals surface area contributed by atoms with Crippen molar-refractivity contribution in [3.05, 3.63) is 18.7 Å². The fourth-order valence-corrected chi connectivity index (χ4v) is 1.11. The van der Waals surface area contributed by atoms with Crippen molar-refractivity contribution in [3.63, 3.8) is 0 Å². The van der Waals surface area contributed by atoms with Gasteiger partial charge >= 0.3 is 5.97 Å². The van der Waals surface area contributed by atoms with Crippen LogP contribution in [0.2, 0.25) is 0 Å². The first kappa shape index (κ1) is 10.7. The first-order chi connectivity index (χ1) is 6.58. The molecule has 0 saturated carbocycles. The Hall–Kier alpha value is -1.36. The highest BCUT2D eigenvalue weighted by Gasteiger charge is 2.30. The summed E-state index contributed by atoms with van der Waals surface area (Å²) in [7, 11) is 1.65. The SMILES string of the molecule is CNC(C)(CCn1ccnc1)C(=O)O. The van der Waals surface area contributed by atoms with Gasteiger partial charge < -0.3 is 15.0 Å². The topological polar surface area (TPSA) is 67.2 Å². The summed E-state index contributed by atoms with van der Waals surface area (Å²) in [5, 5.41) is 11.8. The van der Waals surface area contributed by atoms with E-state index in [4.69, 9.17) is 5.11 Å². The third kappa shape index (κ3) is 2.32. The van der Waals surface area contributed by atoms with Gasteiger partial charge in [0.15, 0.2) is 0 Å². The lowest BCUT2D eigenvalue weighted by molar-refractivity contribution is -0.144. The van der Waals surface area contributed by atoms with Crippen molar-refractivity contribution in [3.8, 4) is 0 Å². The largest absolute Gasteiger partial charge is 0.480 e. The Morgan fingerprint density at radius 2 is 2.43 bits per heavy atom. The molecule has 0 aliphatic carbocycles. The molecule has 0 aromatic carbocycles. The van der Waals surface area contributed by atoms with E-state index in [9.17, 15) is 4.79 Å². The highest BCUT2D eigenvalue weighted by molar-refractivity contribution is 5.78. The smallest absolute Gasteiger partial charge is 0.323 e. The van der Waals surface area contributed by atoms with Crippen LogP contribution in [0, 0.1) is 0 Å². The second-order valence-corrected chi connectivity index (χ2v) is 3.44. The van der Waals surface area contributed by atoms with Gasteiger partial charge in [0.1, 0.15) is 5.54 Å². The van der Waals surface area contributed by atoms with Crippen molar-refractivity contribution >= 4 is 5.97 Å². The molecule has 0 saturated heterocycles. The summed E-state index contributed by atoms with van der Waals surface area (Å²) in [6, 6.07) is 0. The molecule has 0 fully saturated rings. The van der Waals surface area contributed by atoms with Gasteiger partial charge in [-0.1, -0.05) is 0 Å². The van der Waals surface area contributed by atoms with Gasteiger partial charge in [0.2, 0.25) is 0 Å². The molecular formula is C9H15N3O2. The Bertz CT molecular complexity index is 297. The van der Waals surface area contributed by atoms with Crippen LogP contribution in [-0.4, -0.2) is 33.2 Å². The number of hydrogen-bond acceptors (Lipinski definition) is 3. The maximum Gasteiger partial charge on any atom is 0.323 e. The minimum Gasteiger partial charge on any atom is -0.480 e. The zero-order valence-electron chi connectivity index (χ0n) is 8.40. The first-order valence-corrected chi connectivity index (χ1v) is 4.46. The van der Waals surface area contributed by atoms with Gasteiger partial charge in [-0.2, -0.15) is 0 Å². The lowest BCUT2D eigenvalue weighted by Crippen LogP contribution is -2.48. The Kier molecular flexibility index (Phi) is 3.24. The molecule has 1 rings (SSSR count). The zero-order valence-corrected chi connectivity index (χ0v) is 8.40. The van der Waals surface area contributed by atoms with E-state index in [-0.39, 0.29) is 0 Å². The fourth-order valence-electron chi connectivity index (χ4n) is 1.11. The Morgan fingerprint density at radius 1 is 1.71 bits per heavy atom. The molecule has 0 bridgehead atoms. The molecule has 14 heavy (non-hydrogen) atoms. The molecule has 78 valence electrons. The predicted molar refractivity (Wildman–Crippen MR) is 51.9 cm³/mol. The number of aliphatic carboxylic acids is 1. The molecule has 0 aliphatic heterocycles. The maximum atomic E-state index is 10.9. The van der Waals surface area contributed by atoms with Gasteiger partial charge in [-0.25, -0.2) is 4.98 Å². The summed E-state index contributed by atoms with van der Waals surface area (Å²) >= 11 is 0. The second-order valence-electron chi connectivity index (χ2n) is 3.44. The summed E-state index contributed by atoms with van der Waals surface area (Å²) in [5.41, 5.74) is -0.871. The normalized spacial score (nSPS) is 15.0. The standard InChI is InChI=1S/C9H15N3O2/c1-9(10-2,8(13)14)3-5-12-6-4-11-7-12/h4,6-7,10H,3,5H2,1-2H3,(H,13,14). The Morgan fingerprint density at radius 3 is 2.86 bits per heavy atom. The van der Waals surface area contributed by atoms with Crippen molar-refractivity contribution in [1.82, 2.24) is 14.9 Å². The Balaban J connectivity index is 2.54. The van der Waals surface area contributed by atoms with Gasteiger partial charge in [0, 0.05) is 18.9 Å². The van der Waals surface area contributed by atoms with E-state index in [0.29, 0.717) is 13.0 Å².